The van der Waals surface area contributed by atoms with E-state index < -0.39 is 4.92 Å². The van der Waals surface area contributed by atoms with E-state index in [-0.39, 0.29) is 42.2 Å². The summed E-state index contributed by atoms with van der Waals surface area (Å²) in [6.45, 7) is 1.09. The summed E-state index contributed by atoms with van der Waals surface area (Å²) in [4.78, 5) is 36.0. The predicted octanol–water partition coefficient (Wildman–Crippen LogP) is 1.35. The van der Waals surface area contributed by atoms with Gasteiger partial charge in [-0.1, -0.05) is 12.1 Å². The molecule has 1 fully saturated rings. The number of carbonyl (C=O) groups excluding carboxylic acids is 2. The van der Waals surface area contributed by atoms with Crippen molar-refractivity contribution in [1.29, 1.82) is 0 Å². The van der Waals surface area contributed by atoms with Crippen molar-refractivity contribution in [3.8, 4) is 5.75 Å². The smallest absolute Gasteiger partial charge is 0.310 e. The van der Waals surface area contributed by atoms with Crippen LogP contribution in [0.25, 0.3) is 0 Å². The summed E-state index contributed by atoms with van der Waals surface area (Å²) >= 11 is 0. The number of carbonyl (C=O) groups is 2. The molecular formula is C16H21N3O5. The largest absolute Gasteiger partial charge is 0.486 e. The molecule has 0 aromatic heterocycles. The molecule has 130 valence electrons. The molecule has 1 aromatic carbocycles. The Morgan fingerprint density at radius 2 is 2.17 bits per heavy atom. The maximum absolute atomic E-state index is 12.2. The number of amides is 2. The van der Waals surface area contributed by atoms with Crippen LogP contribution in [0.5, 0.6) is 5.75 Å². The van der Waals surface area contributed by atoms with Crippen molar-refractivity contribution in [2.75, 3.05) is 26.7 Å². The molecule has 8 nitrogen and oxygen atoms in total. The maximum Gasteiger partial charge on any atom is 0.310 e. The van der Waals surface area contributed by atoms with E-state index >= 15 is 0 Å². The molecule has 0 bridgehead atoms. The van der Waals surface area contributed by atoms with Crippen LogP contribution in [0.15, 0.2) is 24.3 Å². The van der Waals surface area contributed by atoms with E-state index in [9.17, 15) is 19.7 Å². The highest BCUT2D eigenvalue weighted by Gasteiger charge is 2.27. The van der Waals surface area contributed by atoms with Gasteiger partial charge in [-0.25, -0.2) is 0 Å². The normalized spacial score (nSPS) is 17.2. The van der Waals surface area contributed by atoms with Gasteiger partial charge < -0.3 is 15.0 Å². The van der Waals surface area contributed by atoms with Gasteiger partial charge in [-0.15, -0.1) is 0 Å². The number of nitro benzene ring substituents is 1. The minimum atomic E-state index is -0.518. The highest BCUT2D eigenvalue weighted by molar-refractivity contribution is 5.81. The lowest BCUT2D eigenvalue weighted by Gasteiger charge is -2.31. The van der Waals surface area contributed by atoms with Gasteiger partial charge in [0, 0.05) is 26.2 Å². The summed E-state index contributed by atoms with van der Waals surface area (Å²) in [5, 5.41) is 13.5. The topological polar surface area (TPSA) is 102 Å². The summed E-state index contributed by atoms with van der Waals surface area (Å²) in [5.41, 5.74) is -0.123. The van der Waals surface area contributed by atoms with Crippen molar-refractivity contribution in [2.24, 2.45) is 5.92 Å². The first-order valence-electron chi connectivity index (χ1n) is 7.88. The van der Waals surface area contributed by atoms with Crippen LogP contribution in [0.4, 0.5) is 5.69 Å². The molecule has 2 amide bonds. The van der Waals surface area contributed by atoms with E-state index in [0.717, 1.165) is 12.8 Å². The van der Waals surface area contributed by atoms with E-state index in [0.29, 0.717) is 13.1 Å². The maximum atomic E-state index is 12.2. The fourth-order valence-electron chi connectivity index (χ4n) is 2.76. The van der Waals surface area contributed by atoms with Gasteiger partial charge in [0.1, 0.15) is 0 Å². The first-order chi connectivity index (χ1) is 11.5. The summed E-state index contributed by atoms with van der Waals surface area (Å²) < 4.78 is 5.39. The minimum Gasteiger partial charge on any atom is -0.486 e. The summed E-state index contributed by atoms with van der Waals surface area (Å²) in [5.74, 6) is -0.188. The van der Waals surface area contributed by atoms with Crippen LogP contribution < -0.4 is 10.1 Å². The highest BCUT2D eigenvalue weighted by Crippen LogP contribution is 2.26. The molecule has 24 heavy (non-hydrogen) atoms. The van der Waals surface area contributed by atoms with Crippen molar-refractivity contribution in [3.63, 3.8) is 0 Å². The molecule has 1 aliphatic rings. The molecule has 8 heteroatoms. The Bertz CT molecular complexity index is 619. The van der Waals surface area contributed by atoms with Gasteiger partial charge in [0.15, 0.2) is 5.75 Å². The molecular weight excluding hydrogens is 314 g/mol. The second-order valence-electron chi connectivity index (χ2n) is 5.62. The van der Waals surface area contributed by atoms with E-state index in [1.807, 2.05) is 0 Å². The molecule has 0 aliphatic carbocycles. The van der Waals surface area contributed by atoms with Crippen LogP contribution in [0, 0.1) is 16.0 Å². The van der Waals surface area contributed by atoms with Crippen LogP contribution in [0.3, 0.4) is 0 Å². The molecule has 1 aromatic rings. The van der Waals surface area contributed by atoms with Crippen LogP contribution >= 0.6 is 0 Å². The van der Waals surface area contributed by atoms with Gasteiger partial charge >= 0.3 is 5.69 Å². The second-order valence-corrected chi connectivity index (χ2v) is 5.62. The fourth-order valence-corrected chi connectivity index (χ4v) is 2.76. The van der Waals surface area contributed by atoms with Crippen LogP contribution in [0.2, 0.25) is 0 Å². The molecule has 1 atom stereocenters. The number of benzene rings is 1. The Labute approximate surface area is 139 Å². The van der Waals surface area contributed by atoms with Gasteiger partial charge in [0.25, 0.3) is 0 Å². The number of piperidine rings is 1. The molecule has 1 heterocycles. The third kappa shape index (κ3) is 4.43. The zero-order valence-electron chi connectivity index (χ0n) is 13.6. The number of likely N-dealkylation sites (tertiary alicyclic amines) is 1. The second kappa shape index (κ2) is 8.28. The molecule has 1 unspecified atom stereocenters. The SMILES string of the molecule is CNC(=O)C1CCCN(C(=O)CCOc2ccccc2[N+](=O)[O-])C1. The van der Waals surface area contributed by atoms with Crippen molar-refractivity contribution in [1.82, 2.24) is 10.2 Å². The molecule has 0 saturated carbocycles. The number of nitrogens with zero attached hydrogens (tertiary/aromatic N) is 2. The van der Waals surface area contributed by atoms with Gasteiger partial charge in [-0.2, -0.15) is 0 Å². The van der Waals surface area contributed by atoms with E-state index in [4.69, 9.17) is 4.74 Å². The predicted molar refractivity (Wildman–Crippen MR) is 86.6 cm³/mol. The molecule has 1 saturated heterocycles. The Hall–Kier alpha value is -2.64. The standard InChI is InChI=1S/C16H21N3O5/c1-17-16(21)12-5-4-9-18(11-12)15(20)8-10-24-14-7-3-2-6-13(14)19(22)23/h2-3,6-7,12H,4-5,8-11H2,1H3,(H,17,21). The van der Waals surface area contributed by atoms with Crippen LogP contribution in [-0.2, 0) is 9.59 Å². The average Bonchev–Trinajstić information content (AvgIpc) is 2.61. The first kappa shape index (κ1) is 17.7. The molecule has 0 radical (unpaired) electrons. The van der Waals surface area contributed by atoms with Crippen molar-refractivity contribution < 1.29 is 19.2 Å². The zero-order chi connectivity index (χ0) is 17.5. The van der Waals surface area contributed by atoms with Crippen molar-refractivity contribution in [2.45, 2.75) is 19.3 Å². The monoisotopic (exact) mass is 335 g/mol. The van der Waals surface area contributed by atoms with Crippen LogP contribution in [-0.4, -0.2) is 48.4 Å². The highest BCUT2D eigenvalue weighted by atomic mass is 16.6. The first-order valence-corrected chi connectivity index (χ1v) is 7.88. The Morgan fingerprint density at radius 3 is 2.88 bits per heavy atom. The molecule has 2 rings (SSSR count). The molecule has 1 aliphatic heterocycles. The van der Waals surface area contributed by atoms with Gasteiger partial charge in [0.2, 0.25) is 11.8 Å². The Morgan fingerprint density at radius 1 is 1.42 bits per heavy atom. The average molecular weight is 335 g/mol. The van der Waals surface area contributed by atoms with E-state index in [1.54, 1.807) is 24.1 Å². The fraction of sp³-hybridized carbons (Fsp3) is 0.500. The Balaban J connectivity index is 1.85. The molecule has 0 spiro atoms. The number of rotatable bonds is 6. The van der Waals surface area contributed by atoms with Crippen LogP contribution in [0.1, 0.15) is 19.3 Å². The summed E-state index contributed by atoms with van der Waals surface area (Å²) in [6, 6.07) is 6.06. The third-order valence-electron chi connectivity index (χ3n) is 4.03. The quantitative estimate of drug-likeness (QED) is 0.624. The zero-order valence-corrected chi connectivity index (χ0v) is 13.6. The van der Waals surface area contributed by atoms with Crippen molar-refractivity contribution >= 4 is 17.5 Å². The molecule has 1 N–H and O–H groups in total. The lowest BCUT2D eigenvalue weighted by molar-refractivity contribution is -0.385. The van der Waals surface area contributed by atoms with E-state index in [1.165, 1.54) is 12.1 Å². The van der Waals surface area contributed by atoms with Gasteiger partial charge in [0.05, 0.1) is 23.9 Å². The lowest BCUT2D eigenvalue weighted by atomic mass is 9.97. The summed E-state index contributed by atoms with van der Waals surface area (Å²) in [7, 11) is 1.59. The number of hydrogen-bond donors (Lipinski definition) is 1. The number of nitro groups is 1. The van der Waals surface area contributed by atoms with Gasteiger partial charge in [-0.3, -0.25) is 19.7 Å². The van der Waals surface area contributed by atoms with Gasteiger partial charge in [-0.05, 0) is 18.9 Å². The third-order valence-corrected chi connectivity index (χ3v) is 4.03. The number of ether oxygens (including phenoxy) is 1. The minimum absolute atomic E-state index is 0.0522. The number of nitrogens with one attached hydrogen (secondary N) is 1. The summed E-state index contributed by atoms with van der Waals surface area (Å²) in [6.07, 6.45) is 1.68. The lowest BCUT2D eigenvalue weighted by Crippen LogP contribution is -2.45. The number of para-hydroxylation sites is 2. The van der Waals surface area contributed by atoms with E-state index in [2.05, 4.69) is 5.32 Å². The number of hydrogen-bond acceptors (Lipinski definition) is 5. The van der Waals surface area contributed by atoms with Crippen molar-refractivity contribution in [3.05, 3.63) is 34.4 Å². The Kier molecular flexibility index (Phi) is 6.11.